The highest BCUT2D eigenvalue weighted by Gasteiger charge is 2.41. The predicted molar refractivity (Wildman–Crippen MR) is 57.8 cm³/mol. The summed E-state index contributed by atoms with van der Waals surface area (Å²) in [5.41, 5.74) is 0. The normalized spacial score (nSPS) is 32.6. The Labute approximate surface area is 99.3 Å². The van der Waals surface area contributed by atoms with E-state index in [0.717, 1.165) is 19.6 Å². The Hall–Kier alpha value is -0.330. The zero-order valence-corrected chi connectivity index (χ0v) is 9.80. The minimum absolute atomic E-state index is 0.0377. The molecular formula is C11H19F3N2O. The number of nitrogens with zero attached hydrogens (tertiary/aromatic N) is 1. The molecule has 0 aromatic rings. The van der Waals surface area contributed by atoms with Crippen LogP contribution in [-0.4, -0.2) is 56.5 Å². The molecular weight excluding hydrogens is 233 g/mol. The second kappa shape index (κ2) is 5.54. The minimum atomic E-state index is -4.05. The highest BCUT2D eigenvalue weighted by Crippen LogP contribution is 2.33. The molecule has 0 aliphatic carbocycles. The van der Waals surface area contributed by atoms with E-state index in [4.69, 9.17) is 4.74 Å². The van der Waals surface area contributed by atoms with Crippen LogP contribution >= 0.6 is 0 Å². The summed E-state index contributed by atoms with van der Waals surface area (Å²) in [6.07, 6.45) is -3.12. The molecule has 0 radical (unpaired) electrons. The molecule has 2 saturated heterocycles. The standard InChI is InChI=1S/C11H19F3N2O/c12-11(13,14)9-2-1-4-16(7-9)8-10-6-15-3-5-17-10/h9-10,15H,1-8H2. The fourth-order valence-corrected chi connectivity index (χ4v) is 2.51. The van der Waals surface area contributed by atoms with Gasteiger partial charge < -0.3 is 15.0 Å². The smallest absolute Gasteiger partial charge is 0.374 e. The molecule has 2 atom stereocenters. The van der Waals surface area contributed by atoms with Gasteiger partial charge in [0.1, 0.15) is 0 Å². The first-order valence-electron chi connectivity index (χ1n) is 6.17. The van der Waals surface area contributed by atoms with Crippen LogP contribution < -0.4 is 5.32 Å². The number of hydrogen-bond acceptors (Lipinski definition) is 3. The quantitative estimate of drug-likeness (QED) is 0.800. The topological polar surface area (TPSA) is 24.5 Å². The molecule has 2 aliphatic heterocycles. The van der Waals surface area contributed by atoms with Gasteiger partial charge >= 0.3 is 6.18 Å². The van der Waals surface area contributed by atoms with Crippen LogP contribution in [0.1, 0.15) is 12.8 Å². The summed E-state index contributed by atoms with van der Waals surface area (Å²) in [6, 6.07) is 0. The van der Waals surface area contributed by atoms with Crippen molar-refractivity contribution in [2.45, 2.75) is 25.1 Å². The average Bonchev–Trinajstić information content (AvgIpc) is 2.29. The molecule has 1 N–H and O–H groups in total. The van der Waals surface area contributed by atoms with Gasteiger partial charge in [-0.1, -0.05) is 0 Å². The molecule has 3 nitrogen and oxygen atoms in total. The van der Waals surface area contributed by atoms with Gasteiger partial charge in [-0.25, -0.2) is 0 Å². The third-order valence-electron chi connectivity index (χ3n) is 3.43. The Bertz CT molecular complexity index is 241. The SMILES string of the molecule is FC(F)(F)C1CCCN(CC2CNCCO2)C1. The Morgan fingerprint density at radius 3 is 2.82 bits per heavy atom. The summed E-state index contributed by atoms with van der Waals surface area (Å²) in [5.74, 6) is -1.16. The van der Waals surface area contributed by atoms with E-state index in [1.165, 1.54) is 0 Å². The number of nitrogens with one attached hydrogen (secondary N) is 1. The molecule has 6 heteroatoms. The maximum atomic E-state index is 12.6. The Kier molecular flexibility index (Phi) is 4.27. The highest BCUT2D eigenvalue weighted by molar-refractivity contribution is 4.80. The van der Waals surface area contributed by atoms with Crippen molar-refractivity contribution in [3.05, 3.63) is 0 Å². The Morgan fingerprint density at radius 1 is 1.35 bits per heavy atom. The van der Waals surface area contributed by atoms with Crippen LogP contribution in [-0.2, 0) is 4.74 Å². The second-order valence-electron chi connectivity index (χ2n) is 4.84. The van der Waals surface area contributed by atoms with Crippen LogP contribution in [0.25, 0.3) is 0 Å². The number of alkyl halides is 3. The summed E-state index contributed by atoms with van der Waals surface area (Å²) in [4.78, 5) is 1.89. The molecule has 2 aliphatic rings. The van der Waals surface area contributed by atoms with E-state index in [1.807, 2.05) is 4.90 Å². The maximum absolute atomic E-state index is 12.6. The molecule has 0 spiro atoms. The van der Waals surface area contributed by atoms with Gasteiger partial charge in [-0.05, 0) is 19.4 Å². The van der Waals surface area contributed by atoms with Crippen LogP contribution in [0.5, 0.6) is 0 Å². The Balaban J connectivity index is 1.80. The first kappa shape index (κ1) is 13.1. The zero-order chi connectivity index (χ0) is 12.3. The zero-order valence-electron chi connectivity index (χ0n) is 9.80. The van der Waals surface area contributed by atoms with Crippen LogP contribution in [0, 0.1) is 5.92 Å². The van der Waals surface area contributed by atoms with Crippen LogP contribution in [0.2, 0.25) is 0 Å². The summed E-state index contributed by atoms with van der Waals surface area (Å²) >= 11 is 0. The van der Waals surface area contributed by atoms with Gasteiger partial charge in [0, 0.05) is 26.2 Å². The first-order valence-corrected chi connectivity index (χ1v) is 6.17. The molecule has 0 aromatic carbocycles. The van der Waals surface area contributed by atoms with E-state index in [9.17, 15) is 13.2 Å². The number of morpholine rings is 1. The molecule has 100 valence electrons. The van der Waals surface area contributed by atoms with Crippen molar-refractivity contribution >= 4 is 0 Å². The van der Waals surface area contributed by atoms with E-state index in [1.54, 1.807) is 0 Å². The summed E-state index contributed by atoms with van der Waals surface area (Å²) in [5, 5.41) is 3.19. The summed E-state index contributed by atoms with van der Waals surface area (Å²) in [6.45, 7) is 3.73. The third kappa shape index (κ3) is 3.82. The number of piperidine rings is 1. The fraction of sp³-hybridized carbons (Fsp3) is 1.00. The van der Waals surface area contributed by atoms with E-state index < -0.39 is 12.1 Å². The van der Waals surface area contributed by atoms with Gasteiger partial charge in [0.25, 0.3) is 0 Å². The van der Waals surface area contributed by atoms with Gasteiger partial charge in [0.15, 0.2) is 0 Å². The summed E-state index contributed by atoms with van der Waals surface area (Å²) < 4.78 is 43.4. The number of rotatable bonds is 2. The fourth-order valence-electron chi connectivity index (χ4n) is 2.51. The molecule has 0 saturated carbocycles. The van der Waals surface area contributed by atoms with E-state index >= 15 is 0 Å². The number of halogens is 3. The lowest BCUT2D eigenvalue weighted by atomic mass is 9.97. The summed E-state index contributed by atoms with van der Waals surface area (Å²) in [7, 11) is 0. The highest BCUT2D eigenvalue weighted by atomic mass is 19.4. The molecule has 0 amide bonds. The molecule has 2 fully saturated rings. The second-order valence-corrected chi connectivity index (χ2v) is 4.84. The average molecular weight is 252 g/mol. The van der Waals surface area contributed by atoms with E-state index in [-0.39, 0.29) is 19.1 Å². The molecule has 2 unspecified atom stereocenters. The lowest BCUT2D eigenvalue weighted by Gasteiger charge is -2.36. The van der Waals surface area contributed by atoms with Crippen molar-refractivity contribution in [1.29, 1.82) is 0 Å². The Morgan fingerprint density at radius 2 is 2.18 bits per heavy atom. The first-order chi connectivity index (χ1) is 8.05. The largest absolute Gasteiger partial charge is 0.393 e. The van der Waals surface area contributed by atoms with Crippen LogP contribution in [0.15, 0.2) is 0 Å². The van der Waals surface area contributed by atoms with Gasteiger partial charge in [0.05, 0.1) is 18.6 Å². The van der Waals surface area contributed by atoms with Crippen molar-refractivity contribution in [3.63, 3.8) is 0 Å². The van der Waals surface area contributed by atoms with Gasteiger partial charge in [0.2, 0.25) is 0 Å². The van der Waals surface area contributed by atoms with E-state index in [0.29, 0.717) is 19.6 Å². The number of ether oxygens (including phenoxy) is 1. The minimum Gasteiger partial charge on any atom is -0.374 e. The van der Waals surface area contributed by atoms with Gasteiger partial charge in [-0.15, -0.1) is 0 Å². The maximum Gasteiger partial charge on any atom is 0.393 e. The van der Waals surface area contributed by atoms with Crippen molar-refractivity contribution in [2.75, 3.05) is 39.3 Å². The third-order valence-corrected chi connectivity index (χ3v) is 3.43. The molecule has 0 bridgehead atoms. The molecule has 2 heterocycles. The lowest BCUT2D eigenvalue weighted by molar-refractivity contribution is -0.188. The van der Waals surface area contributed by atoms with Gasteiger partial charge in [-0.3, -0.25) is 0 Å². The molecule has 2 rings (SSSR count). The van der Waals surface area contributed by atoms with Crippen molar-refractivity contribution in [2.24, 2.45) is 5.92 Å². The lowest BCUT2D eigenvalue weighted by Crippen LogP contribution is -2.49. The van der Waals surface area contributed by atoms with Crippen LogP contribution in [0.3, 0.4) is 0 Å². The number of likely N-dealkylation sites (tertiary alicyclic amines) is 1. The van der Waals surface area contributed by atoms with Crippen molar-refractivity contribution in [1.82, 2.24) is 10.2 Å². The predicted octanol–water partition coefficient (Wildman–Crippen LogP) is 1.25. The monoisotopic (exact) mass is 252 g/mol. The van der Waals surface area contributed by atoms with E-state index in [2.05, 4.69) is 5.32 Å². The number of hydrogen-bond donors (Lipinski definition) is 1. The van der Waals surface area contributed by atoms with Crippen molar-refractivity contribution in [3.8, 4) is 0 Å². The van der Waals surface area contributed by atoms with Crippen LogP contribution in [0.4, 0.5) is 13.2 Å². The molecule has 0 aromatic heterocycles. The molecule has 17 heavy (non-hydrogen) atoms. The van der Waals surface area contributed by atoms with Gasteiger partial charge in [-0.2, -0.15) is 13.2 Å². The van der Waals surface area contributed by atoms with Crippen molar-refractivity contribution < 1.29 is 17.9 Å².